The van der Waals surface area contributed by atoms with E-state index in [1.165, 1.54) is 38.5 Å². The Hall–Kier alpha value is -0.300. The van der Waals surface area contributed by atoms with E-state index in [9.17, 15) is 0 Å². The quantitative estimate of drug-likeness (QED) is 0.640. The van der Waals surface area contributed by atoms with Crippen molar-refractivity contribution in [1.29, 1.82) is 0 Å². The molecule has 0 aliphatic heterocycles. The van der Waals surface area contributed by atoms with Crippen molar-refractivity contribution in [2.75, 3.05) is 6.54 Å². The van der Waals surface area contributed by atoms with Crippen molar-refractivity contribution in [2.45, 2.75) is 38.5 Å². The first-order chi connectivity index (χ1) is 5.86. The molecule has 0 amide bonds. The first-order valence-corrected chi connectivity index (χ1v) is 5.17. The molecule has 0 aromatic rings. The highest BCUT2D eigenvalue weighted by Crippen LogP contribution is 2.30. The molecule has 0 aromatic heterocycles. The standard InChI is InChI=1S/C11H21N/c1-2-3-4-10-5-7-11(9-12)8-6-10/h2,10-11H,1,3-9,12H2. The summed E-state index contributed by atoms with van der Waals surface area (Å²) in [6.07, 6.45) is 10.1. The van der Waals surface area contributed by atoms with Gasteiger partial charge in [-0.05, 0) is 44.1 Å². The lowest BCUT2D eigenvalue weighted by Gasteiger charge is -2.27. The zero-order valence-electron chi connectivity index (χ0n) is 7.97. The van der Waals surface area contributed by atoms with Crippen LogP contribution in [0.4, 0.5) is 0 Å². The number of hydrogen-bond donors (Lipinski definition) is 1. The van der Waals surface area contributed by atoms with Crippen molar-refractivity contribution >= 4 is 0 Å². The molecule has 1 nitrogen and oxygen atoms in total. The van der Waals surface area contributed by atoms with Gasteiger partial charge in [0.1, 0.15) is 0 Å². The lowest BCUT2D eigenvalue weighted by molar-refractivity contribution is 0.269. The lowest BCUT2D eigenvalue weighted by atomic mass is 9.80. The van der Waals surface area contributed by atoms with E-state index in [4.69, 9.17) is 5.73 Å². The molecule has 1 aliphatic rings. The normalized spacial score (nSPS) is 30.1. The fourth-order valence-electron chi connectivity index (χ4n) is 2.11. The van der Waals surface area contributed by atoms with E-state index in [-0.39, 0.29) is 0 Å². The minimum absolute atomic E-state index is 0.824. The summed E-state index contributed by atoms with van der Waals surface area (Å²) in [6.45, 7) is 4.65. The molecule has 0 radical (unpaired) electrons. The van der Waals surface area contributed by atoms with Crippen molar-refractivity contribution < 1.29 is 0 Å². The second-order valence-electron chi connectivity index (χ2n) is 3.99. The predicted octanol–water partition coefficient (Wildman–Crippen LogP) is 2.72. The van der Waals surface area contributed by atoms with E-state index in [0.717, 1.165) is 18.4 Å². The van der Waals surface area contributed by atoms with Crippen LogP contribution in [0.25, 0.3) is 0 Å². The third-order valence-corrected chi connectivity index (χ3v) is 3.08. The van der Waals surface area contributed by atoms with Crippen LogP contribution in [0.3, 0.4) is 0 Å². The molecule has 70 valence electrons. The number of allylic oxidation sites excluding steroid dienone is 1. The molecule has 1 fully saturated rings. The van der Waals surface area contributed by atoms with E-state index in [1.807, 2.05) is 6.08 Å². The van der Waals surface area contributed by atoms with Crippen LogP contribution in [0.15, 0.2) is 12.7 Å². The molecule has 2 N–H and O–H groups in total. The largest absolute Gasteiger partial charge is 0.330 e. The fourth-order valence-corrected chi connectivity index (χ4v) is 2.11. The van der Waals surface area contributed by atoms with E-state index in [0.29, 0.717) is 0 Å². The average molecular weight is 167 g/mol. The van der Waals surface area contributed by atoms with Crippen LogP contribution in [-0.4, -0.2) is 6.54 Å². The number of rotatable bonds is 4. The Balaban J connectivity index is 2.12. The van der Waals surface area contributed by atoms with Gasteiger partial charge >= 0.3 is 0 Å². The highest BCUT2D eigenvalue weighted by Gasteiger charge is 2.18. The van der Waals surface area contributed by atoms with E-state index < -0.39 is 0 Å². The Morgan fingerprint density at radius 1 is 1.17 bits per heavy atom. The van der Waals surface area contributed by atoms with Crippen LogP contribution >= 0.6 is 0 Å². The second-order valence-corrected chi connectivity index (χ2v) is 3.99. The summed E-state index contributed by atoms with van der Waals surface area (Å²) < 4.78 is 0. The van der Waals surface area contributed by atoms with Gasteiger partial charge in [0.05, 0.1) is 0 Å². The molecule has 0 bridgehead atoms. The topological polar surface area (TPSA) is 26.0 Å². The molecule has 12 heavy (non-hydrogen) atoms. The Morgan fingerprint density at radius 3 is 2.25 bits per heavy atom. The zero-order chi connectivity index (χ0) is 8.81. The molecule has 1 saturated carbocycles. The molecule has 0 saturated heterocycles. The highest BCUT2D eigenvalue weighted by atomic mass is 14.5. The van der Waals surface area contributed by atoms with Crippen LogP contribution in [-0.2, 0) is 0 Å². The van der Waals surface area contributed by atoms with Gasteiger partial charge in [-0.2, -0.15) is 0 Å². The summed E-state index contributed by atoms with van der Waals surface area (Å²) in [5, 5.41) is 0. The van der Waals surface area contributed by atoms with Gasteiger partial charge < -0.3 is 5.73 Å². The molecule has 0 unspecified atom stereocenters. The number of nitrogens with two attached hydrogens (primary N) is 1. The Bertz CT molecular complexity index is 123. The van der Waals surface area contributed by atoms with Crippen LogP contribution in [0.1, 0.15) is 38.5 Å². The van der Waals surface area contributed by atoms with Gasteiger partial charge in [0.15, 0.2) is 0 Å². The Labute approximate surface area is 76.0 Å². The van der Waals surface area contributed by atoms with Gasteiger partial charge in [0.2, 0.25) is 0 Å². The lowest BCUT2D eigenvalue weighted by Crippen LogP contribution is -2.21. The van der Waals surface area contributed by atoms with Crippen LogP contribution < -0.4 is 5.73 Å². The van der Waals surface area contributed by atoms with Crippen molar-refractivity contribution in [3.05, 3.63) is 12.7 Å². The second kappa shape index (κ2) is 5.36. The van der Waals surface area contributed by atoms with Crippen LogP contribution in [0.5, 0.6) is 0 Å². The molecular weight excluding hydrogens is 146 g/mol. The van der Waals surface area contributed by atoms with Crippen LogP contribution in [0, 0.1) is 11.8 Å². The first kappa shape index (κ1) is 9.79. The van der Waals surface area contributed by atoms with Gasteiger partial charge in [-0.1, -0.05) is 18.9 Å². The fraction of sp³-hybridized carbons (Fsp3) is 0.818. The maximum atomic E-state index is 5.63. The van der Waals surface area contributed by atoms with Gasteiger partial charge in [-0.15, -0.1) is 6.58 Å². The van der Waals surface area contributed by atoms with Gasteiger partial charge in [-0.25, -0.2) is 0 Å². The van der Waals surface area contributed by atoms with Gasteiger partial charge in [-0.3, -0.25) is 0 Å². The summed E-state index contributed by atoms with van der Waals surface area (Å²) in [6, 6.07) is 0. The van der Waals surface area contributed by atoms with Crippen LogP contribution in [0.2, 0.25) is 0 Å². The van der Waals surface area contributed by atoms with E-state index in [2.05, 4.69) is 6.58 Å². The molecule has 0 atom stereocenters. The summed E-state index contributed by atoms with van der Waals surface area (Å²) in [4.78, 5) is 0. The minimum atomic E-state index is 0.824. The third-order valence-electron chi connectivity index (χ3n) is 3.08. The zero-order valence-corrected chi connectivity index (χ0v) is 7.97. The average Bonchev–Trinajstić information content (AvgIpc) is 2.15. The first-order valence-electron chi connectivity index (χ1n) is 5.17. The Morgan fingerprint density at radius 2 is 1.75 bits per heavy atom. The minimum Gasteiger partial charge on any atom is -0.330 e. The van der Waals surface area contributed by atoms with Crippen molar-refractivity contribution in [2.24, 2.45) is 17.6 Å². The smallest absolute Gasteiger partial charge is 0.00489 e. The monoisotopic (exact) mass is 167 g/mol. The molecule has 0 spiro atoms. The van der Waals surface area contributed by atoms with E-state index in [1.54, 1.807) is 0 Å². The molecule has 0 heterocycles. The number of hydrogen-bond acceptors (Lipinski definition) is 1. The van der Waals surface area contributed by atoms with E-state index >= 15 is 0 Å². The third kappa shape index (κ3) is 2.98. The highest BCUT2D eigenvalue weighted by molar-refractivity contribution is 4.76. The van der Waals surface area contributed by atoms with Crippen molar-refractivity contribution in [1.82, 2.24) is 0 Å². The molecule has 0 aromatic carbocycles. The maximum Gasteiger partial charge on any atom is -0.00489 e. The van der Waals surface area contributed by atoms with Crippen molar-refractivity contribution in [3.8, 4) is 0 Å². The maximum absolute atomic E-state index is 5.63. The van der Waals surface area contributed by atoms with Crippen molar-refractivity contribution in [3.63, 3.8) is 0 Å². The predicted molar refractivity (Wildman–Crippen MR) is 53.9 cm³/mol. The summed E-state index contributed by atoms with van der Waals surface area (Å²) in [7, 11) is 0. The van der Waals surface area contributed by atoms with Gasteiger partial charge in [0.25, 0.3) is 0 Å². The summed E-state index contributed by atoms with van der Waals surface area (Å²) in [5.41, 5.74) is 5.63. The molecular formula is C11H21N. The molecule has 1 aliphatic carbocycles. The molecule has 1 rings (SSSR count). The SMILES string of the molecule is C=CCCC1CCC(CN)CC1. The summed E-state index contributed by atoms with van der Waals surface area (Å²) >= 11 is 0. The summed E-state index contributed by atoms with van der Waals surface area (Å²) in [5.74, 6) is 1.79. The molecule has 1 heteroatoms. The Kier molecular flexibility index (Phi) is 4.37. The van der Waals surface area contributed by atoms with Gasteiger partial charge in [0, 0.05) is 0 Å².